The van der Waals surface area contributed by atoms with Gasteiger partial charge in [-0.1, -0.05) is 55.5 Å². The Morgan fingerprint density at radius 2 is 1.80 bits per heavy atom. The summed E-state index contributed by atoms with van der Waals surface area (Å²) in [7, 11) is 0. The minimum absolute atomic E-state index is 0.127. The maximum atomic E-state index is 12.3. The first-order valence-electron chi connectivity index (χ1n) is 7.23. The molecule has 102 valence electrons. The third-order valence-corrected chi connectivity index (χ3v) is 4.01. The highest BCUT2D eigenvalue weighted by atomic mass is 16.2. The molecule has 3 rings (SSSR count). The predicted molar refractivity (Wildman–Crippen MR) is 81.7 cm³/mol. The van der Waals surface area contributed by atoms with Gasteiger partial charge in [0.1, 0.15) is 0 Å². The SMILES string of the molecule is CCc1ccccc1NC(=O)[C@H]1C[C@H]1c1ccccc1. The van der Waals surface area contributed by atoms with Gasteiger partial charge < -0.3 is 5.32 Å². The van der Waals surface area contributed by atoms with Gasteiger partial charge in [-0.15, -0.1) is 0 Å². The van der Waals surface area contributed by atoms with E-state index in [1.807, 2.05) is 36.4 Å². The van der Waals surface area contributed by atoms with Gasteiger partial charge in [0.05, 0.1) is 0 Å². The number of hydrogen-bond acceptors (Lipinski definition) is 1. The number of rotatable bonds is 4. The molecule has 0 spiro atoms. The van der Waals surface area contributed by atoms with E-state index in [0.29, 0.717) is 5.92 Å². The number of carbonyl (C=O) groups is 1. The lowest BCUT2D eigenvalue weighted by atomic mass is 10.1. The Hall–Kier alpha value is -2.09. The molecule has 0 aromatic heterocycles. The molecule has 2 aromatic rings. The summed E-state index contributed by atoms with van der Waals surface area (Å²) in [4.78, 5) is 12.3. The quantitative estimate of drug-likeness (QED) is 0.889. The zero-order valence-corrected chi connectivity index (χ0v) is 11.7. The van der Waals surface area contributed by atoms with E-state index in [2.05, 4.69) is 30.4 Å². The van der Waals surface area contributed by atoms with Crippen LogP contribution in [-0.4, -0.2) is 5.91 Å². The van der Waals surface area contributed by atoms with Gasteiger partial charge in [-0.05, 0) is 36.0 Å². The first kappa shape index (κ1) is 12.9. The van der Waals surface area contributed by atoms with Crippen molar-refractivity contribution in [2.24, 2.45) is 5.92 Å². The molecule has 2 nitrogen and oxygen atoms in total. The van der Waals surface area contributed by atoms with Gasteiger partial charge in [-0.3, -0.25) is 4.79 Å². The Morgan fingerprint density at radius 1 is 1.10 bits per heavy atom. The molecule has 1 aliphatic carbocycles. The van der Waals surface area contributed by atoms with Crippen LogP contribution in [0.4, 0.5) is 5.69 Å². The van der Waals surface area contributed by atoms with E-state index in [9.17, 15) is 4.79 Å². The van der Waals surface area contributed by atoms with Crippen LogP contribution in [0.25, 0.3) is 0 Å². The van der Waals surface area contributed by atoms with Crippen molar-refractivity contribution in [1.29, 1.82) is 0 Å². The second kappa shape index (κ2) is 5.49. The number of aryl methyl sites for hydroxylation is 1. The van der Waals surface area contributed by atoms with Crippen molar-refractivity contribution in [2.75, 3.05) is 5.32 Å². The third kappa shape index (κ3) is 2.60. The lowest BCUT2D eigenvalue weighted by Gasteiger charge is -2.09. The van der Waals surface area contributed by atoms with Crippen LogP contribution < -0.4 is 5.32 Å². The van der Waals surface area contributed by atoms with E-state index >= 15 is 0 Å². The van der Waals surface area contributed by atoms with Gasteiger partial charge in [0.15, 0.2) is 0 Å². The van der Waals surface area contributed by atoms with Crippen molar-refractivity contribution >= 4 is 11.6 Å². The molecule has 2 atom stereocenters. The molecule has 0 bridgehead atoms. The Kier molecular flexibility index (Phi) is 3.55. The van der Waals surface area contributed by atoms with Crippen molar-refractivity contribution in [1.82, 2.24) is 0 Å². The van der Waals surface area contributed by atoms with E-state index in [0.717, 1.165) is 18.5 Å². The molecule has 1 N–H and O–H groups in total. The number of benzene rings is 2. The molecule has 1 saturated carbocycles. The Morgan fingerprint density at radius 3 is 2.55 bits per heavy atom. The Bertz CT molecular complexity index is 606. The monoisotopic (exact) mass is 265 g/mol. The molecular weight excluding hydrogens is 246 g/mol. The molecule has 1 fully saturated rings. The van der Waals surface area contributed by atoms with Crippen LogP contribution in [0.1, 0.15) is 30.4 Å². The minimum atomic E-state index is 0.127. The fourth-order valence-corrected chi connectivity index (χ4v) is 2.73. The van der Waals surface area contributed by atoms with E-state index in [-0.39, 0.29) is 11.8 Å². The highest BCUT2D eigenvalue weighted by molar-refractivity contribution is 5.95. The van der Waals surface area contributed by atoms with Crippen molar-refractivity contribution in [3.63, 3.8) is 0 Å². The van der Waals surface area contributed by atoms with Crippen LogP contribution in [0.3, 0.4) is 0 Å². The van der Waals surface area contributed by atoms with Crippen molar-refractivity contribution in [3.05, 3.63) is 65.7 Å². The lowest BCUT2D eigenvalue weighted by molar-refractivity contribution is -0.117. The van der Waals surface area contributed by atoms with Gasteiger partial charge in [0, 0.05) is 11.6 Å². The number of para-hydroxylation sites is 1. The summed E-state index contributed by atoms with van der Waals surface area (Å²) in [5.74, 6) is 0.673. The van der Waals surface area contributed by atoms with Crippen LogP contribution in [0.5, 0.6) is 0 Å². The summed E-state index contributed by atoms with van der Waals surface area (Å²) in [6.07, 6.45) is 1.90. The minimum Gasteiger partial charge on any atom is -0.326 e. The Balaban J connectivity index is 1.67. The maximum Gasteiger partial charge on any atom is 0.228 e. The average molecular weight is 265 g/mol. The lowest BCUT2D eigenvalue weighted by Crippen LogP contribution is -2.15. The normalized spacial score (nSPS) is 20.4. The standard InChI is InChI=1S/C18H19NO/c1-2-13-8-6-7-11-17(13)19-18(20)16-12-15(16)14-9-4-3-5-10-14/h3-11,15-16H,2,12H2,1H3,(H,19,20)/t15-,16-/m0/s1. The smallest absolute Gasteiger partial charge is 0.228 e. The molecular formula is C18H19NO. The second-order valence-corrected chi connectivity index (χ2v) is 5.36. The van der Waals surface area contributed by atoms with E-state index in [4.69, 9.17) is 0 Å². The van der Waals surface area contributed by atoms with Crippen molar-refractivity contribution in [2.45, 2.75) is 25.7 Å². The van der Waals surface area contributed by atoms with E-state index in [1.54, 1.807) is 0 Å². The van der Waals surface area contributed by atoms with Crippen LogP contribution in [-0.2, 0) is 11.2 Å². The molecule has 0 unspecified atom stereocenters. The third-order valence-electron chi connectivity index (χ3n) is 4.01. The summed E-state index contributed by atoms with van der Waals surface area (Å²) in [6.45, 7) is 2.11. The number of hydrogen-bond donors (Lipinski definition) is 1. The van der Waals surface area contributed by atoms with Gasteiger partial charge >= 0.3 is 0 Å². The topological polar surface area (TPSA) is 29.1 Å². The van der Waals surface area contributed by atoms with E-state index in [1.165, 1.54) is 11.1 Å². The zero-order valence-electron chi connectivity index (χ0n) is 11.7. The van der Waals surface area contributed by atoms with Gasteiger partial charge in [-0.2, -0.15) is 0 Å². The summed E-state index contributed by atoms with van der Waals surface area (Å²) in [5, 5.41) is 3.08. The molecule has 1 amide bonds. The summed E-state index contributed by atoms with van der Waals surface area (Å²) < 4.78 is 0. The molecule has 20 heavy (non-hydrogen) atoms. The van der Waals surface area contributed by atoms with Crippen LogP contribution in [0, 0.1) is 5.92 Å². The molecule has 1 aliphatic rings. The number of carbonyl (C=O) groups excluding carboxylic acids is 1. The zero-order chi connectivity index (χ0) is 13.9. The number of anilines is 1. The maximum absolute atomic E-state index is 12.3. The highest BCUT2D eigenvalue weighted by Crippen LogP contribution is 2.47. The average Bonchev–Trinajstić information content (AvgIpc) is 3.29. The van der Waals surface area contributed by atoms with Crippen LogP contribution >= 0.6 is 0 Å². The van der Waals surface area contributed by atoms with Gasteiger partial charge in [-0.25, -0.2) is 0 Å². The molecule has 0 aliphatic heterocycles. The fourth-order valence-electron chi connectivity index (χ4n) is 2.73. The van der Waals surface area contributed by atoms with Gasteiger partial charge in [0.2, 0.25) is 5.91 Å². The van der Waals surface area contributed by atoms with Crippen LogP contribution in [0.2, 0.25) is 0 Å². The summed E-state index contributed by atoms with van der Waals surface area (Å²) in [6, 6.07) is 18.3. The largest absolute Gasteiger partial charge is 0.326 e. The molecule has 0 radical (unpaired) electrons. The fraction of sp³-hybridized carbons (Fsp3) is 0.278. The van der Waals surface area contributed by atoms with Crippen molar-refractivity contribution < 1.29 is 4.79 Å². The van der Waals surface area contributed by atoms with E-state index < -0.39 is 0 Å². The second-order valence-electron chi connectivity index (χ2n) is 5.36. The van der Waals surface area contributed by atoms with Crippen molar-refractivity contribution in [3.8, 4) is 0 Å². The van der Waals surface area contributed by atoms with Gasteiger partial charge in [0.25, 0.3) is 0 Å². The summed E-state index contributed by atoms with van der Waals surface area (Å²) >= 11 is 0. The van der Waals surface area contributed by atoms with Crippen LogP contribution in [0.15, 0.2) is 54.6 Å². The molecule has 0 saturated heterocycles. The Labute approximate surface area is 119 Å². The first-order chi connectivity index (χ1) is 9.79. The molecule has 2 aromatic carbocycles. The first-order valence-corrected chi connectivity index (χ1v) is 7.23. The predicted octanol–water partition coefficient (Wildman–Crippen LogP) is 3.99. The molecule has 2 heteroatoms. The number of amides is 1. The summed E-state index contributed by atoms with van der Waals surface area (Å²) in [5.41, 5.74) is 3.42. The molecule has 0 heterocycles. The highest BCUT2D eigenvalue weighted by Gasteiger charge is 2.43. The number of nitrogens with one attached hydrogen (secondary N) is 1.